The molecule has 1 aromatic carbocycles. The van der Waals surface area contributed by atoms with Crippen molar-refractivity contribution in [1.82, 2.24) is 10.2 Å². The summed E-state index contributed by atoms with van der Waals surface area (Å²) in [5, 5.41) is 2.91. The van der Waals surface area contributed by atoms with Crippen molar-refractivity contribution in [3.05, 3.63) is 29.8 Å². The average molecular weight is 263 g/mol. The van der Waals surface area contributed by atoms with Crippen LogP contribution in [0.25, 0.3) is 0 Å². The molecule has 0 aromatic heterocycles. The van der Waals surface area contributed by atoms with Gasteiger partial charge in [0.15, 0.2) is 0 Å². The Morgan fingerprint density at radius 2 is 2.00 bits per heavy atom. The highest BCUT2D eigenvalue weighted by Crippen LogP contribution is 2.21. The molecular formula is C14H21N3O2. The summed E-state index contributed by atoms with van der Waals surface area (Å²) in [7, 11) is 3.48. The lowest BCUT2D eigenvalue weighted by Crippen LogP contribution is -2.38. The Bertz CT molecular complexity index is 428. The number of carbonyl (C=O) groups excluding carboxylic acids is 1. The molecule has 5 heteroatoms. The molecule has 0 atom stereocenters. The van der Waals surface area contributed by atoms with Crippen LogP contribution in [0.5, 0.6) is 0 Å². The van der Waals surface area contributed by atoms with Gasteiger partial charge < -0.3 is 19.9 Å². The number of rotatable bonds is 3. The number of morpholine rings is 1. The maximum absolute atomic E-state index is 11.6. The molecule has 5 nitrogen and oxygen atoms in total. The quantitative estimate of drug-likeness (QED) is 0.894. The predicted molar refractivity (Wildman–Crippen MR) is 75.4 cm³/mol. The Labute approximate surface area is 114 Å². The minimum atomic E-state index is -0.0724. The molecule has 1 heterocycles. The van der Waals surface area contributed by atoms with E-state index in [9.17, 15) is 4.79 Å². The lowest BCUT2D eigenvalue weighted by Gasteiger charge is -2.30. The zero-order valence-electron chi connectivity index (χ0n) is 11.6. The number of urea groups is 1. The number of hydrogen-bond acceptors (Lipinski definition) is 3. The van der Waals surface area contributed by atoms with Crippen molar-refractivity contribution in [3.8, 4) is 0 Å². The molecule has 0 spiro atoms. The van der Waals surface area contributed by atoms with Crippen LogP contribution < -0.4 is 10.2 Å². The minimum absolute atomic E-state index is 0.0724. The van der Waals surface area contributed by atoms with Crippen LogP contribution in [0, 0.1) is 0 Å². The smallest absolute Gasteiger partial charge is 0.317 e. The lowest BCUT2D eigenvalue weighted by atomic mass is 10.1. The molecule has 2 rings (SSSR count). The van der Waals surface area contributed by atoms with E-state index in [-0.39, 0.29) is 6.03 Å². The van der Waals surface area contributed by atoms with Crippen LogP contribution in [0.3, 0.4) is 0 Å². The predicted octanol–water partition coefficient (Wildman–Crippen LogP) is 1.29. The Morgan fingerprint density at radius 1 is 1.32 bits per heavy atom. The Morgan fingerprint density at radius 3 is 2.68 bits per heavy atom. The van der Waals surface area contributed by atoms with Gasteiger partial charge in [-0.15, -0.1) is 0 Å². The SMILES string of the molecule is CN(C)C(=O)NCc1ccccc1N1CCOCC1. The summed E-state index contributed by atoms with van der Waals surface area (Å²) in [5.41, 5.74) is 2.32. The number of para-hydroxylation sites is 1. The number of hydrogen-bond donors (Lipinski definition) is 1. The fourth-order valence-electron chi connectivity index (χ4n) is 2.10. The first-order valence-corrected chi connectivity index (χ1v) is 6.54. The summed E-state index contributed by atoms with van der Waals surface area (Å²) in [5.74, 6) is 0. The van der Waals surface area contributed by atoms with Gasteiger partial charge in [-0.1, -0.05) is 18.2 Å². The molecule has 0 radical (unpaired) electrons. The van der Waals surface area contributed by atoms with E-state index in [1.165, 1.54) is 10.6 Å². The van der Waals surface area contributed by atoms with Crippen LogP contribution in [0.1, 0.15) is 5.56 Å². The van der Waals surface area contributed by atoms with E-state index < -0.39 is 0 Å². The number of ether oxygens (including phenoxy) is 1. The van der Waals surface area contributed by atoms with E-state index in [0.717, 1.165) is 31.9 Å². The number of nitrogens with zero attached hydrogens (tertiary/aromatic N) is 2. The largest absolute Gasteiger partial charge is 0.378 e. The zero-order valence-corrected chi connectivity index (χ0v) is 11.6. The first-order valence-electron chi connectivity index (χ1n) is 6.54. The third-order valence-electron chi connectivity index (χ3n) is 3.18. The minimum Gasteiger partial charge on any atom is -0.378 e. The van der Waals surface area contributed by atoms with Crippen LogP contribution >= 0.6 is 0 Å². The van der Waals surface area contributed by atoms with Gasteiger partial charge in [0.1, 0.15) is 0 Å². The number of amides is 2. The second kappa shape index (κ2) is 6.43. The average Bonchev–Trinajstić information content (AvgIpc) is 2.46. The highest BCUT2D eigenvalue weighted by Gasteiger charge is 2.14. The van der Waals surface area contributed by atoms with E-state index in [1.54, 1.807) is 14.1 Å². The van der Waals surface area contributed by atoms with Gasteiger partial charge in [0.2, 0.25) is 0 Å². The molecule has 1 fully saturated rings. The normalized spacial score (nSPS) is 15.2. The molecular weight excluding hydrogens is 242 g/mol. The van der Waals surface area contributed by atoms with Crippen LogP contribution in [-0.2, 0) is 11.3 Å². The third kappa shape index (κ3) is 3.61. The second-order valence-corrected chi connectivity index (χ2v) is 4.78. The summed E-state index contributed by atoms with van der Waals surface area (Å²) in [6, 6.07) is 8.11. The van der Waals surface area contributed by atoms with E-state index in [4.69, 9.17) is 4.74 Å². The van der Waals surface area contributed by atoms with Crippen molar-refractivity contribution in [2.75, 3.05) is 45.3 Å². The van der Waals surface area contributed by atoms with Gasteiger partial charge in [-0.3, -0.25) is 0 Å². The van der Waals surface area contributed by atoms with E-state index in [1.807, 2.05) is 12.1 Å². The molecule has 1 aromatic rings. The van der Waals surface area contributed by atoms with Crippen molar-refractivity contribution in [1.29, 1.82) is 0 Å². The van der Waals surface area contributed by atoms with Crippen LogP contribution in [0.4, 0.5) is 10.5 Å². The molecule has 0 unspecified atom stereocenters. The first kappa shape index (κ1) is 13.7. The van der Waals surface area contributed by atoms with Crippen molar-refractivity contribution in [2.45, 2.75) is 6.54 Å². The number of anilines is 1. The standard InChI is InChI=1S/C14H21N3O2/c1-16(2)14(18)15-11-12-5-3-4-6-13(12)17-7-9-19-10-8-17/h3-6H,7-11H2,1-2H3,(H,15,18). The molecule has 1 N–H and O–H groups in total. The summed E-state index contributed by atoms with van der Waals surface area (Å²) in [6.45, 7) is 3.87. The summed E-state index contributed by atoms with van der Waals surface area (Å²) in [4.78, 5) is 15.4. The van der Waals surface area contributed by atoms with Gasteiger partial charge >= 0.3 is 6.03 Å². The number of carbonyl (C=O) groups is 1. The van der Waals surface area contributed by atoms with Crippen molar-refractivity contribution >= 4 is 11.7 Å². The van der Waals surface area contributed by atoms with Gasteiger partial charge in [0.05, 0.1) is 13.2 Å². The van der Waals surface area contributed by atoms with E-state index >= 15 is 0 Å². The molecule has 1 saturated heterocycles. The fourth-order valence-corrected chi connectivity index (χ4v) is 2.10. The summed E-state index contributed by atoms with van der Waals surface area (Å²) in [6.07, 6.45) is 0. The molecule has 19 heavy (non-hydrogen) atoms. The number of nitrogens with one attached hydrogen (secondary N) is 1. The van der Waals surface area contributed by atoms with Gasteiger partial charge in [-0.25, -0.2) is 4.79 Å². The first-order chi connectivity index (χ1) is 9.18. The molecule has 0 aliphatic carbocycles. The Hall–Kier alpha value is -1.75. The highest BCUT2D eigenvalue weighted by atomic mass is 16.5. The van der Waals surface area contributed by atoms with E-state index in [2.05, 4.69) is 22.3 Å². The molecule has 2 amide bonds. The summed E-state index contributed by atoms with van der Waals surface area (Å²) >= 11 is 0. The van der Waals surface area contributed by atoms with Gasteiger partial charge in [0, 0.05) is 39.4 Å². The Kier molecular flexibility index (Phi) is 4.63. The molecule has 0 saturated carbocycles. The Balaban J connectivity index is 2.05. The van der Waals surface area contributed by atoms with Crippen LogP contribution in [-0.4, -0.2) is 51.3 Å². The second-order valence-electron chi connectivity index (χ2n) is 4.78. The molecule has 104 valence electrons. The third-order valence-corrected chi connectivity index (χ3v) is 3.18. The molecule has 1 aliphatic rings. The van der Waals surface area contributed by atoms with Crippen molar-refractivity contribution in [2.24, 2.45) is 0 Å². The maximum Gasteiger partial charge on any atom is 0.317 e. The van der Waals surface area contributed by atoms with Gasteiger partial charge in [-0.2, -0.15) is 0 Å². The fraction of sp³-hybridized carbons (Fsp3) is 0.500. The molecule has 0 bridgehead atoms. The maximum atomic E-state index is 11.6. The van der Waals surface area contributed by atoms with E-state index in [0.29, 0.717) is 6.54 Å². The summed E-state index contributed by atoms with van der Waals surface area (Å²) < 4.78 is 5.37. The number of benzene rings is 1. The van der Waals surface area contributed by atoms with Crippen LogP contribution in [0.2, 0.25) is 0 Å². The van der Waals surface area contributed by atoms with Crippen molar-refractivity contribution < 1.29 is 9.53 Å². The van der Waals surface area contributed by atoms with Crippen LogP contribution in [0.15, 0.2) is 24.3 Å². The highest BCUT2D eigenvalue weighted by molar-refractivity contribution is 5.73. The van der Waals surface area contributed by atoms with Crippen molar-refractivity contribution in [3.63, 3.8) is 0 Å². The van der Waals surface area contributed by atoms with Gasteiger partial charge in [0.25, 0.3) is 0 Å². The lowest BCUT2D eigenvalue weighted by molar-refractivity contribution is 0.122. The molecule has 1 aliphatic heterocycles. The monoisotopic (exact) mass is 263 g/mol. The van der Waals surface area contributed by atoms with Gasteiger partial charge in [-0.05, 0) is 11.6 Å². The topological polar surface area (TPSA) is 44.8 Å². The zero-order chi connectivity index (χ0) is 13.7.